The smallest absolute Gasteiger partial charge is 0.130 e. The van der Waals surface area contributed by atoms with Crippen LogP contribution in [0.25, 0.3) is 0 Å². The third-order valence-corrected chi connectivity index (χ3v) is 2.48. The van der Waals surface area contributed by atoms with Crippen molar-refractivity contribution in [2.45, 2.75) is 19.1 Å². The van der Waals surface area contributed by atoms with Gasteiger partial charge in [-0.05, 0) is 40.5 Å². The highest BCUT2D eigenvalue weighted by atomic mass is 75.9. The summed E-state index contributed by atoms with van der Waals surface area (Å²) in [5.74, 6) is 0.109. The zero-order valence-electron chi connectivity index (χ0n) is 7.24. The fraction of sp³-hybridized carbons (Fsp3) is 0.333. The van der Waals surface area contributed by atoms with Crippen molar-refractivity contribution in [3.8, 4) is 5.75 Å². The lowest BCUT2D eigenvalue weighted by atomic mass is 10.0. The van der Waals surface area contributed by atoms with Crippen molar-refractivity contribution < 1.29 is 10.2 Å². The summed E-state index contributed by atoms with van der Waals surface area (Å²) in [5, 5.41) is 18.9. The maximum Gasteiger partial charge on any atom is 0.130 e. The van der Waals surface area contributed by atoms with Crippen LogP contribution in [0.3, 0.4) is 0 Å². The van der Waals surface area contributed by atoms with Crippen molar-refractivity contribution >= 4 is 15.9 Å². The summed E-state index contributed by atoms with van der Waals surface area (Å²) in [6, 6.07) is 4.55. The van der Waals surface area contributed by atoms with Crippen molar-refractivity contribution in [1.82, 2.24) is 0 Å². The number of nitrogens with two attached hydrogens (primary N) is 1. The van der Waals surface area contributed by atoms with Crippen LogP contribution in [0.4, 0.5) is 0 Å². The molecule has 0 fully saturated rings. The van der Waals surface area contributed by atoms with Crippen molar-refractivity contribution in [1.29, 1.82) is 0 Å². The first-order valence-corrected chi connectivity index (χ1v) is 4.73. The van der Waals surface area contributed by atoms with Crippen LogP contribution >= 0.6 is 15.9 Å². The Morgan fingerprint density at radius 1 is 1.46 bits per heavy atom. The van der Waals surface area contributed by atoms with Gasteiger partial charge in [-0.15, -0.1) is 0 Å². The quantitative estimate of drug-likeness (QED) is 0.736. The molecule has 0 saturated heterocycles. The second kappa shape index (κ2) is 4.09. The van der Waals surface area contributed by atoms with Crippen LogP contribution in [0.1, 0.15) is 18.6 Å². The summed E-state index contributed by atoms with van der Waals surface area (Å²) in [5.41, 5.74) is 6.13. The summed E-state index contributed by atoms with van der Waals surface area (Å²) in [7, 11) is 0. The van der Waals surface area contributed by atoms with E-state index in [1.54, 1.807) is 19.1 Å². The number of aromatic hydroxyl groups is 1. The average Bonchev–Trinajstić information content (AvgIpc) is 2.08. The van der Waals surface area contributed by atoms with E-state index in [0.717, 1.165) is 0 Å². The monoisotopic (exact) mass is 242 g/mol. The number of aliphatic hydroxyl groups is 1. The lowest BCUT2D eigenvalue weighted by Crippen LogP contribution is -2.24. The fourth-order valence-corrected chi connectivity index (χ4v) is 1.26. The molecule has 0 radical (unpaired) electrons. The van der Waals surface area contributed by atoms with Crippen molar-refractivity contribution in [2.24, 2.45) is 5.73 Å². The van der Waals surface area contributed by atoms with Crippen LogP contribution in [0, 0.1) is 0 Å². The van der Waals surface area contributed by atoms with E-state index in [1.807, 2.05) is 0 Å². The van der Waals surface area contributed by atoms with Gasteiger partial charge in [-0.2, -0.15) is 0 Å². The highest BCUT2D eigenvalue weighted by Crippen LogP contribution is 2.27. The number of aliphatic hydroxyl groups excluding tert-OH is 1. The summed E-state index contributed by atoms with van der Waals surface area (Å²) in [6.45, 7) is 1.71. The van der Waals surface area contributed by atoms with E-state index in [1.165, 1.54) is 6.07 Å². The summed E-state index contributed by atoms with van der Waals surface area (Å²) >= 11 is 3.15. The minimum absolute atomic E-state index is 0.109. The Morgan fingerprint density at radius 3 is 2.54 bits per heavy atom. The number of phenols is 1. The topological polar surface area (TPSA) is 66.5 Å². The molecule has 1 rings (SSSR count). The molecule has 0 heterocycles. The number of rotatable bonds is 2. The van der Waals surface area contributed by atoms with Crippen LogP contribution < -0.4 is 5.73 Å². The number of benzene rings is 1. The highest BCUT2D eigenvalue weighted by Gasteiger charge is 2.13. The minimum Gasteiger partial charge on any atom is -0.507 e. The second-order valence-corrected chi connectivity index (χ2v) is 3.87. The molecule has 0 aromatic heterocycles. The standard InChI is InChI=1S/C9H12BrNO2/c1-5(11)9(13)6-2-3-7(10)8(12)4-6/h2-5,9,12-13H,11H2,1H3/t5-,9-/m0/s1/i10-4. The molecule has 72 valence electrons. The zero-order valence-corrected chi connectivity index (χ0v) is 8.82. The van der Waals surface area contributed by atoms with E-state index in [2.05, 4.69) is 15.9 Å². The third kappa shape index (κ3) is 2.43. The number of halogens is 1. The summed E-state index contributed by atoms with van der Waals surface area (Å²) in [4.78, 5) is 0. The molecule has 1 aromatic rings. The molecule has 13 heavy (non-hydrogen) atoms. The Balaban J connectivity index is 2.97. The first-order chi connectivity index (χ1) is 6.02. The van der Waals surface area contributed by atoms with Gasteiger partial charge in [0.25, 0.3) is 0 Å². The largest absolute Gasteiger partial charge is 0.507 e. The Hall–Kier alpha value is -0.580. The summed E-state index contributed by atoms with van der Waals surface area (Å²) < 4.78 is 0.605. The molecular formula is C9H12BrNO2. The number of hydrogen-bond acceptors (Lipinski definition) is 3. The van der Waals surface area contributed by atoms with Gasteiger partial charge in [0.1, 0.15) is 5.75 Å². The van der Waals surface area contributed by atoms with E-state index in [-0.39, 0.29) is 11.8 Å². The van der Waals surface area contributed by atoms with E-state index in [0.29, 0.717) is 10.0 Å². The van der Waals surface area contributed by atoms with Gasteiger partial charge in [-0.25, -0.2) is 0 Å². The highest BCUT2D eigenvalue weighted by molar-refractivity contribution is 9.10. The molecule has 4 heteroatoms. The van der Waals surface area contributed by atoms with Gasteiger partial charge in [0.15, 0.2) is 0 Å². The second-order valence-electron chi connectivity index (χ2n) is 3.01. The van der Waals surface area contributed by atoms with Gasteiger partial charge in [0.2, 0.25) is 0 Å². The molecule has 0 aliphatic carbocycles. The lowest BCUT2D eigenvalue weighted by Gasteiger charge is -2.15. The van der Waals surface area contributed by atoms with E-state index in [9.17, 15) is 10.2 Å². The van der Waals surface area contributed by atoms with Gasteiger partial charge in [0, 0.05) is 6.04 Å². The van der Waals surface area contributed by atoms with Gasteiger partial charge in [-0.3, -0.25) is 0 Å². The minimum atomic E-state index is -0.737. The molecule has 0 unspecified atom stereocenters. The molecule has 0 spiro atoms. The Labute approximate surface area is 85.3 Å². The Bertz CT molecular complexity index is 302. The predicted octanol–water partition coefficient (Wildman–Crippen LogP) is 1.54. The fourth-order valence-electron chi connectivity index (χ4n) is 1.02. The van der Waals surface area contributed by atoms with Crippen molar-refractivity contribution in [3.63, 3.8) is 0 Å². The first kappa shape index (κ1) is 10.5. The number of hydrogen-bond donors (Lipinski definition) is 3. The molecule has 4 N–H and O–H groups in total. The molecule has 0 aliphatic heterocycles. The number of phenolic OH excluding ortho intramolecular Hbond substituents is 1. The molecule has 0 amide bonds. The lowest BCUT2D eigenvalue weighted by molar-refractivity contribution is 0.153. The van der Waals surface area contributed by atoms with E-state index < -0.39 is 6.10 Å². The molecule has 0 bridgehead atoms. The van der Waals surface area contributed by atoms with Crippen LogP contribution in [0.2, 0.25) is 0 Å². The Morgan fingerprint density at radius 2 is 2.08 bits per heavy atom. The van der Waals surface area contributed by atoms with Crippen LogP contribution in [-0.2, 0) is 0 Å². The maximum atomic E-state index is 9.56. The average molecular weight is 242 g/mol. The van der Waals surface area contributed by atoms with E-state index >= 15 is 0 Å². The van der Waals surface area contributed by atoms with Gasteiger partial charge in [0.05, 0.1) is 10.6 Å². The molecule has 0 aliphatic rings. The maximum absolute atomic E-state index is 9.56. The van der Waals surface area contributed by atoms with Crippen molar-refractivity contribution in [3.05, 3.63) is 28.2 Å². The zero-order chi connectivity index (χ0) is 10.0. The predicted molar refractivity (Wildman–Crippen MR) is 54.4 cm³/mol. The van der Waals surface area contributed by atoms with Crippen LogP contribution in [0.5, 0.6) is 5.75 Å². The van der Waals surface area contributed by atoms with E-state index in [4.69, 9.17) is 5.73 Å². The van der Waals surface area contributed by atoms with Crippen LogP contribution in [0.15, 0.2) is 22.7 Å². The molecule has 3 nitrogen and oxygen atoms in total. The van der Waals surface area contributed by atoms with Crippen LogP contribution in [-0.4, -0.2) is 16.3 Å². The molecule has 0 saturated carbocycles. The SMILES string of the molecule is C[C@H](N)[C@H](O)c1ccc([76Br])c(O)c1. The van der Waals surface area contributed by atoms with Gasteiger partial charge < -0.3 is 15.9 Å². The van der Waals surface area contributed by atoms with Gasteiger partial charge in [-0.1, -0.05) is 6.07 Å². The summed E-state index contributed by atoms with van der Waals surface area (Å²) in [6.07, 6.45) is -0.737. The van der Waals surface area contributed by atoms with Crippen molar-refractivity contribution in [2.75, 3.05) is 0 Å². The first-order valence-electron chi connectivity index (χ1n) is 3.94. The molecular weight excluding hydrogens is 230 g/mol. The molecule has 1 aromatic carbocycles. The molecule has 2 atom stereocenters. The third-order valence-electron chi connectivity index (χ3n) is 1.81. The van der Waals surface area contributed by atoms with Gasteiger partial charge >= 0.3 is 0 Å². The Kier molecular flexibility index (Phi) is 3.30. The normalized spacial score (nSPS) is 15.4.